The van der Waals surface area contributed by atoms with Crippen molar-refractivity contribution in [1.29, 1.82) is 0 Å². The Morgan fingerprint density at radius 1 is 1.07 bits per heavy atom. The molecule has 27 heavy (non-hydrogen) atoms. The zero-order chi connectivity index (χ0) is 19.0. The maximum Gasteiger partial charge on any atom is 0.336 e. The van der Waals surface area contributed by atoms with Gasteiger partial charge in [0.05, 0.1) is 16.8 Å². The van der Waals surface area contributed by atoms with Crippen LogP contribution in [0.5, 0.6) is 0 Å². The lowest BCUT2D eigenvalue weighted by molar-refractivity contribution is 0.0696. The monoisotopic (exact) mass is 377 g/mol. The molecule has 0 saturated heterocycles. The Bertz CT molecular complexity index is 1150. The minimum absolute atomic E-state index is 0.232. The van der Waals surface area contributed by atoms with Crippen molar-refractivity contribution >= 4 is 28.5 Å². The molecule has 4 rings (SSSR count). The van der Waals surface area contributed by atoms with Crippen molar-refractivity contribution in [3.05, 3.63) is 88.2 Å². The predicted molar refractivity (Wildman–Crippen MR) is 105 cm³/mol. The van der Waals surface area contributed by atoms with Crippen LogP contribution in [0.4, 0.5) is 0 Å². The Hall–Kier alpha value is -3.18. The molecule has 0 saturated carbocycles. The molecule has 0 aliphatic carbocycles. The summed E-state index contributed by atoms with van der Waals surface area (Å²) in [5.41, 5.74) is 3.88. The van der Waals surface area contributed by atoms with E-state index in [1.54, 1.807) is 12.1 Å². The quantitative estimate of drug-likeness (QED) is 0.561. The summed E-state index contributed by atoms with van der Waals surface area (Å²) in [6.07, 6.45) is 2.48. The van der Waals surface area contributed by atoms with Crippen LogP contribution in [0.3, 0.4) is 0 Å². The summed E-state index contributed by atoms with van der Waals surface area (Å²) in [6, 6.07) is 16.9. The normalized spacial score (nSPS) is 11.0. The molecule has 4 aromatic rings. The lowest BCUT2D eigenvalue weighted by Crippen LogP contribution is -2.03. The Balaban J connectivity index is 1.69. The average Bonchev–Trinajstić information content (AvgIpc) is 3.07. The Labute approximate surface area is 160 Å². The van der Waals surface area contributed by atoms with E-state index in [0.717, 1.165) is 33.5 Å². The second kappa shape index (κ2) is 6.85. The maximum absolute atomic E-state index is 11.5. The van der Waals surface area contributed by atoms with Crippen molar-refractivity contribution in [1.82, 2.24) is 14.8 Å². The molecular weight excluding hydrogens is 362 g/mol. The largest absolute Gasteiger partial charge is 0.478 e. The van der Waals surface area contributed by atoms with Gasteiger partial charge in [-0.25, -0.2) is 4.79 Å². The number of aromatic carboxylic acids is 1. The van der Waals surface area contributed by atoms with E-state index in [1.165, 1.54) is 6.07 Å². The van der Waals surface area contributed by atoms with E-state index >= 15 is 0 Å². The average molecular weight is 378 g/mol. The lowest BCUT2D eigenvalue weighted by Gasteiger charge is -2.08. The van der Waals surface area contributed by atoms with Gasteiger partial charge in [-0.3, -0.25) is 4.57 Å². The van der Waals surface area contributed by atoms with Gasteiger partial charge in [-0.1, -0.05) is 23.7 Å². The number of carboxylic acid groups (broad SMARTS) is 1. The van der Waals surface area contributed by atoms with Gasteiger partial charge in [0.25, 0.3) is 0 Å². The summed E-state index contributed by atoms with van der Waals surface area (Å²) in [7, 11) is 0. The summed E-state index contributed by atoms with van der Waals surface area (Å²) >= 11 is 5.94. The van der Waals surface area contributed by atoms with Crippen molar-refractivity contribution in [2.45, 2.75) is 13.3 Å². The highest BCUT2D eigenvalue weighted by Gasteiger charge is 2.12. The third-order valence-corrected chi connectivity index (χ3v) is 4.72. The fraction of sp³-hybridized carbons (Fsp3) is 0.0952. The molecule has 1 N–H and O–H groups in total. The number of benzene rings is 2. The first kappa shape index (κ1) is 17.2. The first-order valence-electron chi connectivity index (χ1n) is 8.44. The molecule has 0 fully saturated rings. The van der Waals surface area contributed by atoms with Crippen LogP contribution in [0.15, 0.2) is 60.8 Å². The molecule has 2 aromatic heterocycles. The number of aryl methyl sites for hydroxylation is 1. The molecule has 2 heterocycles. The number of carbonyl (C=O) groups is 1. The molecule has 0 bridgehead atoms. The Morgan fingerprint density at radius 2 is 1.93 bits per heavy atom. The van der Waals surface area contributed by atoms with Crippen LogP contribution in [-0.4, -0.2) is 25.8 Å². The number of aromatic nitrogens is 3. The van der Waals surface area contributed by atoms with E-state index < -0.39 is 5.97 Å². The molecule has 0 radical (unpaired) electrons. The number of carboxylic acids is 1. The van der Waals surface area contributed by atoms with Crippen molar-refractivity contribution in [2.24, 2.45) is 0 Å². The van der Waals surface area contributed by atoms with Crippen LogP contribution in [0.2, 0.25) is 5.02 Å². The summed E-state index contributed by atoms with van der Waals surface area (Å²) < 4.78 is 1.98. The topological polar surface area (TPSA) is 68.0 Å². The van der Waals surface area contributed by atoms with Gasteiger partial charge in [0.15, 0.2) is 5.82 Å². The molecule has 6 heteroatoms. The standard InChI is InChI=1S/C21H16ClN3O2/c1-13-2-7-20(24-23-13)25-9-8-16-11-14(3-6-19(16)25)10-15-4-5-17(22)12-18(15)21(26)27/h2-9,11-12H,10H2,1H3,(H,26,27). The third kappa shape index (κ3) is 3.41. The molecule has 0 spiro atoms. The van der Waals surface area contributed by atoms with Gasteiger partial charge >= 0.3 is 5.97 Å². The van der Waals surface area contributed by atoms with Crippen LogP contribution in [0.25, 0.3) is 16.7 Å². The minimum atomic E-state index is -0.974. The molecule has 0 unspecified atom stereocenters. The van der Waals surface area contributed by atoms with Crippen molar-refractivity contribution in [3.8, 4) is 5.82 Å². The maximum atomic E-state index is 11.5. The number of hydrogen-bond acceptors (Lipinski definition) is 3. The predicted octanol–water partition coefficient (Wildman–Crippen LogP) is 4.67. The molecule has 134 valence electrons. The minimum Gasteiger partial charge on any atom is -0.478 e. The highest BCUT2D eigenvalue weighted by molar-refractivity contribution is 6.31. The SMILES string of the molecule is Cc1ccc(-n2ccc3cc(Cc4ccc(Cl)cc4C(=O)O)ccc32)nn1. The molecule has 2 aromatic carbocycles. The fourth-order valence-electron chi connectivity index (χ4n) is 3.14. The van der Waals surface area contributed by atoms with Crippen LogP contribution in [0.1, 0.15) is 27.2 Å². The van der Waals surface area contributed by atoms with Gasteiger partial charge in [-0.15, -0.1) is 5.10 Å². The van der Waals surface area contributed by atoms with E-state index in [0.29, 0.717) is 11.4 Å². The second-order valence-electron chi connectivity index (χ2n) is 6.40. The van der Waals surface area contributed by atoms with Crippen LogP contribution in [0, 0.1) is 6.92 Å². The zero-order valence-electron chi connectivity index (χ0n) is 14.6. The second-order valence-corrected chi connectivity index (χ2v) is 6.83. The first-order chi connectivity index (χ1) is 13.0. The number of halogens is 1. The van der Waals surface area contributed by atoms with Gasteiger partial charge in [0.2, 0.25) is 0 Å². The zero-order valence-corrected chi connectivity index (χ0v) is 15.3. The van der Waals surface area contributed by atoms with Crippen LogP contribution >= 0.6 is 11.6 Å². The molecule has 0 aliphatic heterocycles. The van der Waals surface area contributed by atoms with Gasteiger partial charge in [-0.05, 0) is 66.9 Å². The molecule has 5 nitrogen and oxygen atoms in total. The smallest absolute Gasteiger partial charge is 0.336 e. The van der Waals surface area contributed by atoms with E-state index in [-0.39, 0.29) is 5.56 Å². The highest BCUT2D eigenvalue weighted by Crippen LogP contribution is 2.24. The van der Waals surface area contributed by atoms with E-state index in [1.807, 2.05) is 48.0 Å². The summed E-state index contributed by atoms with van der Waals surface area (Å²) in [5.74, 6) is -0.216. The van der Waals surface area contributed by atoms with E-state index in [4.69, 9.17) is 11.6 Å². The number of nitrogens with zero attached hydrogens (tertiary/aromatic N) is 3. The summed E-state index contributed by atoms with van der Waals surface area (Å²) in [5, 5.41) is 19.2. The van der Waals surface area contributed by atoms with Crippen molar-refractivity contribution < 1.29 is 9.90 Å². The Morgan fingerprint density at radius 3 is 2.67 bits per heavy atom. The number of fused-ring (bicyclic) bond motifs is 1. The number of hydrogen-bond donors (Lipinski definition) is 1. The van der Waals surface area contributed by atoms with Crippen LogP contribution < -0.4 is 0 Å². The summed E-state index contributed by atoms with van der Waals surface area (Å²) in [4.78, 5) is 11.5. The fourth-order valence-corrected chi connectivity index (χ4v) is 3.32. The van der Waals surface area contributed by atoms with Gasteiger partial charge in [0, 0.05) is 16.6 Å². The van der Waals surface area contributed by atoms with Crippen LogP contribution in [-0.2, 0) is 6.42 Å². The Kier molecular flexibility index (Phi) is 4.38. The molecule has 0 atom stereocenters. The lowest BCUT2D eigenvalue weighted by atomic mass is 9.99. The summed E-state index contributed by atoms with van der Waals surface area (Å²) in [6.45, 7) is 1.90. The van der Waals surface area contributed by atoms with Crippen molar-refractivity contribution in [2.75, 3.05) is 0 Å². The van der Waals surface area contributed by atoms with Gasteiger partial charge < -0.3 is 5.11 Å². The first-order valence-corrected chi connectivity index (χ1v) is 8.81. The van der Waals surface area contributed by atoms with Gasteiger partial charge in [-0.2, -0.15) is 5.10 Å². The third-order valence-electron chi connectivity index (χ3n) is 4.48. The van der Waals surface area contributed by atoms with Crippen molar-refractivity contribution in [3.63, 3.8) is 0 Å². The van der Waals surface area contributed by atoms with E-state index in [2.05, 4.69) is 16.3 Å². The van der Waals surface area contributed by atoms with Gasteiger partial charge in [0.1, 0.15) is 0 Å². The van der Waals surface area contributed by atoms with E-state index in [9.17, 15) is 9.90 Å². The molecule has 0 aliphatic rings. The molecular formula is C21H16ClN3O2. The molecule has 0 amide bonds. The highest BCUT2D eigenvalue weighted by atomic mass is 35.5. The number of rotatable bonds is 4.